The SMILES string of the molecule is CS(=O)(=O)Nc1ccc(C(O)CSc2nnnn2-c2ccc(C(=O)O)cc2C2CC2)cc1. The van der Waals surface area contributed by atoms with Crippen LogP contribution in [0, 0.1) is 0 Å². The van der Waals surface area contributed by atoms with Crippen molar-refractivity contribution >= 4 is 33.4 Å². The first-order valence-corrected chi connectivity index (χ1v) is 12.6. The summed E-state index contributed by atoms with van der Waals surface area (Å²) in [7, 11) is -3.37. The summed E-state index contributed by atoms with van der Waals surface area (Å²) >= 11 is 1.27. The Morgan fingerprint density at radius 3 is 2.59 bits per heavy atom. The lowest BCUT2D eigenvalue weighted by Crippen LogP contribution is -2.10. The van der Waals surface area contributed by atoms with E-state index in [-0.39, 0.29) is 17.2 Å². The quantitative estimate of drug-likeness (QED) is 0.397. The first-order chi connectivity index (χ1) is 15.2. The molecule has 0 spiro atoms. The van der Waals surface area contributed by atoms with Crippen molar-refractivity contribution in [3.63, 3.8) is 0 Å². The minimum absolute atomic E-state index is 0.224. The molecule has 2 aromatic carbocycles. The monoisotopic (exact) mass is 475 g/mol. The molecule has 1 aromatic heterocycles. The highest BCUT2D eigenvalue weighted by atomic mass is 32.2. The van der Waals surface area contributed by atoms with Crippen molar-refractivity contribution in [1.29, 1.82) is 0 Å². The third kappa shape index (κ3) is 5.26. The third-order valence-corrected chi connectivity index (χ3v) is 6.53. The number of nitrogens with one attached hydrogen (secondary N) is 1. The summed E-state index contributed by atoms with van der Waals surface area (Å²) in [6, 6.07) is 11.4. The number of aliphatic hydroxyl groups excluding tert-OH is 1. The van der Waals surface area contributed by atoms with E-state index in [1.165, 1.54) is 17.8 Å². The molecule has 32 heavy (non-hydrogen) atoms. The number of sulfonamides is 1. The molecule has 1 atom stereocenters. The molecule has 1 aliphatic carbocycles. The van der Waals surface area contributed by atoms with Gasteiger partial charge in [0.15, 0.2) is 0 Å². The number of rotatable bonds is 9. The first kappa shape index (κ1) is 22.2. The minimum atomic E-state index is -3.37. The maximum absolute atomic E-state index is 11.3. The molecule has 0 amide bonds. The highest BCUT2D eigenvalue weighted by Gasteiger charge is 2.29. The van der Waals surface area contributed by atoms with Crippen molar-refractivity contribution in [2.75, 3.05) is 16.7 Å². The van der Waals surface area contributed by atoms with Gasteiger partial charge in [-0.05, 0) is 70.6 Å². The smallest absolute Gasteiger partial charge is 0.335 e. The van der Waals surface area contributed by atoms with Crippen LogP contribution in [0.1, 0.15) is 46.3 Å². The van der Waals surface area contributed by atoms with Crippen molar-refractivity contribution in [2.45, 2.75) is 30.0 Å². The average molecular weight is 476 g/mol. The number of carboxylic acids is 1. The van der Waals surface area contributed by atoms with Gasteiger partial charge in [0.05, 0.1) is 23.6 Å². The van der Waals surface area contributed by atoms with Crippen LogP contribution in [0.5, 0.6) is 0 Å². The molecule has 1 unspecified atom stereocenters. The van der Waals surface area contributed by atoms with Gasteiger partial charge < -0.3 is 10.2 Å². The van der Waals surface area contributed by atoms with Crippen LogP contribution in [0.4, 0.5) is 5.69 Å². The van der Waals surface area contributed by atoms with Crippen LogP contribution in [-0.2, 0) is 10.0 Å². The lowest BCUT2D eigenvalue weighted by molar-refractivity contribution is 0.0696. The fourth-order valence-electron chi connectivity index (χ4n) is 3.26. The largest absolute Gasteiger partial charge is 0.478 e. The Hall–Kier alpha value is -2.96. The Kier molecular flexibility index (Phi) is 6.17. The molecular weight excluding hydrogens is 454 g/mol. The normalized spacial score (nSPS) is 14.8. The van der Waals surface area contributed by atoms with Gasteiger partial charge in [-0.1, -0.05) is 23.9 Å². The Morgan fingerprint density at radius 1 is 1.25 bits per heavy atom. The summed E-state index contributed by atoms with van der Waals surface area (Å²) in [6.07, 6.45) is 2.22. The van der Waals surface area contributed by atoms with Crippen molar-refractivity contribution in [3.8, 4) is 5.69 Å². The van der Waals surface area contributed by atoms with Crippen molar-refractivity contribution in [3.05, 3.63) is 59.2 Å². The Bertz CT molecular complexity index is 1240. The van der Waals surface area contributed by atoms with Gasteiger partial charge >= 0.3 is 5.97 Å². The number of anilines is 1. The van der Waals surface area contributed by atoms with E-state index in [0.717, 1.165) is 30.3 Å². The number of nitrogens with zero attached hydrogens (tertiary/aromatic N) is 4. The number of hydrogen-bond donors (Lipinski definition) is 3. The lowest BCUT2D eigenvalue weighted by Gasteiger charge is -2.13. The van der Waals surface area contributed by atoms with Gasteiger partial charge in [0.2, 0.25) is 15.2 Å². The van der Waals surface area contributed by atoms with E-state index < -0.39 is 22.1 Å². The van der Waals surface area contributed by atoms with Gasteiger partial charge in [0, 0.05) is 11.4 Å². The van der Waals surface area contributed by atoms with Gasteiger partial charge in [0.1, 0.15) is 0 Å². The molecule has 168 valence electrons. The van der Waals surface area contributed by atoms with E-state index in [9.17, 15) is 23.4 Å². The number of aromatic nitrogens is 4. The standard InChI is InChI=1S/C20H21N5O5S2/c1-32(29,30)22-15-7-4-13(5-8-15)18(26)11-31-20-21-23-24-25(20)17-9-6-14(19(27)28)10-16(17)12-2-3-12/h4-10,12,18,22,26H,2-3,11H2,1H3,(H,27,28). The number of aromatic carboxylic acids is 1. The lowest BCUT2D eigenvalue weighted by atomic mass is 10.0. The molecule has 12 heteroatoms. The molecule has 4 rings (SSSR count). The average Bonchev–Trinajstić information content (AvgIpc) is 3.49. The molecule has 1 aliphatic rings. The third-order valence-electron chi connectivity index (χ3n) is 4.93. The number of benzene rings is 2. The summed E-state index contributed by atoms with van der Waals surface area (Å²) in [5, 5.41) is 32.2. The highest BCUT2D eigenvalue weighted by Crippen LogP contribution is 2.43. The maximum Gasteiger partial charge on any atom is 0.335 e. The van der Waals surface area contributed by atoms with Crippen LogP contribution in [-0.4, -0.2) is 56.8 Å². The van der Waals surface area contributed by atoms with E-state index in [4.69, 9.17) is 0 Å². The van der Waals surface area contributed by atoms with Crippen LogP contribution in [0.25, 0.3) is 5.69 Å². The fourth-order valence-corrected chi connectivity index (χ4v) is 4.67. The molecule has 1 saturated carbocycles. The Balaban J connectivity index is 1.49. The predicted octanol–water partition coefficient (Wildman–Crippen LogP) is 2.44. The van der Waals surface area contributed by atoms with Gasteiger partial charge in [-0.25, -0.2) is 13.2 Å². The second-order valence-corrected chi connectivity index (χ2v) is 10.3. The van der Waals surface area contributed by atoms with E-state index in [2.05, 4.69) is 20.2 Å². The molecule has 1 fully saturated rings. The van der Waals surface area contributed by atoms with Crippen LogP contribution in [0.3, 0.4) is 0 Å². The number of thioether (sulfide) groups is 1. The summed E-state index contributed by atoms with van der Waals surface area (Å²) in [6.45, 7) is 0. The van der Waals surface area contributed by atoms with Gasteiger partial charge in [-0.15, -0.1) is 5.10 Å². The molecule has 1 heterocycles. The van der Waals surface area contributed by atoms with Crippen molar-refractivity contribution < 1.29 is 23.4 Å². The second kappa shape index (κ2) is 8.88. The Morgan fingerprint density at radius 2 is 1.97 bits per heavy atom. The molecule has 3 aromatic rings. The van der Waals surface area contributed by atoms with Crippen molar-refractivity contribution in [1.82, 2.24) is 20.2 Å². The molecule has 0 radical (unpaired) electrons. The van der Waals surface area contributed by atoms with Crippen LogP contribution in [0.2, 0.25) is 0 Å². The fraction of sp³-hybridized carbons (Fsp3) is 0.300. The second-order valence-electron chi connectivity index (χ2n) is 7.55. The summed E-state index contributed by atoms with van der Waals surface area (Å²) in [5.41, 5.74) is 2.89. The molecule has 3 N–H and O–H groups in total. The number of tetrazole rings is 1. The number of aliphatic hydroxyl groups is 1. The van der Waals surface area contributed by atoms with Crippen LogP contribution >= 0.6 is 11.8 Å². The number of hydrogen-bond acceptors (Lipinski definition) is 8. The van der Waals surface area contributed by atoms with E-state index in [1.807, 2.05) is 0 Å². The molecule has 0 bridgehead atoms. The zero-order valence-corrected chi connectivity index (χ0v) is 18.7. The van der Waals surface area contributed by atoms with Crippen molar-refractivity contribution in [2.24, 2.45) is 0 Å². The maximum atomic E-state index is 11.3. The molecule has 0 saturated heterocycles. The highest BCUT2D eigenvalue weighted by molar-refractivity contribution is 7.99. The Labute approximate surface area is 188 Å². The zero-order valence-electron chi connectivity index (χ0n) is 17.0. The topological polar surface area (TPSA) is 147 Å². The number of carbonyl (C=O) groups is 1. The minimum Gasteiger partial charge on any atom is -0.478 e. The van der Waals surface area contributed by atoms with Gasteiger partial charge in [-0.2, -0.15) is 4.68 Å². The zero-order chi connectivity index (χ0) is 22.9. The van der Waals surface area contributed by atoms with Gasteiger partial charge in [0.25, 0.3) is 0 Å². The van der Waals surface area contributed by atoms with E-state index >= 15 is 0 Å². The summed E-state index contributed by atoms with van der Waals surface area (Å²) < 4.78 is 26.6. The summed E-state index contributed by atoms with van der Waals surface area (Å²) in [4.78, 5) is 11.3. The van der Waals surface area contributed by atoms with Crippen LogP contribution < -0.4 is 4.72 Å². The molecular formula is C20H21N5O5S2. The van der Waals surface area contributed by atoms with Gasteiger partial charge in [-0.3, -0.25) is 4.72 Å². The van der Waals surface area contributed by atoms with E-state index in [0.29, 0.717) is 16.4 Å². The predicted molar refractivity (Wildman–Crippen MR) is 119 cm³/mol. The molecule has 10 nitrogen and oxygen atoms in total. The number of carboxylic acid groups (broad SMARTS) is 1. The van der Waals surface area contributed by atoms with Crippen LogP contribution in [0.15, 0.2) is 47.6 Å². The first-order valence-electron chi connectivity index (χ1n) is 9.76. The molecule has 0 aliphatic heterocycles. The van der Waals surface area contributed by atoms with E-state index in [1.54, 1.807) is 41.1 Å². The summed E-state index contributed by atoms with van der Waals surface area (Å²) in [5.74, 6) is -0.424.